The summed E-state index contributed by atoms with van der Waals surface area (Å²) < 4.78 is 0. The maximum absolute atomic E-state index is 10.4. The molecule has 1 saturated carbocycles. The molecule has 5 atom stereocenters. The molecule has 21 heavy (non-hydrogen) atoms. The number of nitrogens with zero attached hydrogens (tertiary/aromatic N) is 1. The summed E-state index contributed by atoms with van der Waals surface area (Å²) in [4.78, 5) is 2.58. The largest absolute Gasteiger partial charge is 0.393 e. The molecular weight excluding hydrogens is 258 g/mol. The van der Waals surface area contributed by atoms with Crippen LogP contribution < -0.4 is 0 Å². The van der Waals surface area contributed by atoms with Crippen LogP contribution in [0.4, 0.5) is 0 Å². The molecule has 2 nitrogen and oxygen atoms in total. The molecule has 0 bridgehead atoms. The van der Waals surface area contributed by atoms with Crippen LogP contribution in [-0.2, 0) is 0 Å². The molecule has 1 heterocycles. The summed E-state index contributed by atoms with van der Waals surface area (Å²) >= 11 is 0. The SMILES string of the molecule is CC1CC(C)C(CN2CCC(c3ccccc3)C2)C(O)C1. The van der Waals surface area contributed by atoms with Crippen LogP contribution in [-0.4, -0.2) is 35.7 Å². The standard InChI is InChI=1S/C19H29NO/c1-14-10-15(2)18(19(21)11-14)13-20-9-8-17(12-20)16-6-4-3-5-7-16/h3-7,14-15,17-19,21H,8-13H2,1-2H3. The van der Waals surface area contributed by atoms with Gasteiger partial charge in [0.15, 0.2) is 0 Å². The van der Waals surface area contributed by atoms with Crippen molar-refractivity contribution < 1.29 is 5.11 Å². The third kappa shape index (κ3) is 3.49. The van der Waals surface area contributed by atoms with Crippen LogP contribution in [0.3, 0.4) is 0 Å². The lowest BCUT2D eigenvalue weighted by molar-refractivity contribution is 0.00114. The van der Waals surface area contributed by atoms with Gasteiger partial charge in [-0.2, -0.15) is 0 Å². The van der Waals surface area contributed by atoms with Crippen LogP contribution in [0, 0.1) is 17.8 Å². The number of hydrogen-bond acceptors (Lipinski definition) is 2. The smallest absolute Gasteiger partial charge is 0.0585 e. The third-order valence-electron chi connectivity index (χ3n) is 5.66. The van der Waals surface area contributed by atoms with E-state index in [4.69, 9.17) is 0 Å². The van der Waals surface area contributed by atoms with Crippen LogP contribution in [0.2, 0.25) is 0 Å². The highest BCUT2D eigenvalue weighted by molar-refractivity contribution is 5.21. The monoisotopic (exact) mass is 287 g/mol. The Bertz CT molecular complexity index is 434. The summed E-state index contributed by atoms with van der Waals surface area (Å²) in [6, 6.07) is 10.9. The van der Waals surface area contributed by atoms with Crippen molar-refractivity contribution in [3.63, 3.8) is 0 Å². The second kappa shape index (κ2) is 6.50. The summed E-state index contributed by atoms with van der Waals surface area (Å²) in [5.41, 5.74) is 1.48. The van der Waals surface area contributed by atoms with E-state index in [1.807, 2.05) is 0 Å². The zero-order valence-corrected chi connectivity index (χ0v) is 13.4. The van der Waals surface area contributed by atoms with Crippen molar-refractivity contribution in [1.82, 2.24) is 4.90 Å². The topological polar surface area (TPSA) is 23.5 Å². The molecule has 0 aromatic heterocycles. The lowest BCUT2D eigenvalue weighted by Crippen LogP contribution is -2.42. The molecule has 0 amide bonds. The summed E-state index contributed by atoms with van der Waals surface area (Å²) in [5, 5.41) is 10.4. The summed E-state index contributed by atoms with van der Waals surface area (Å²) in [6.07, 6.45) is 3.43. The molecular formula is C19H29NO. The number of aliphatic hydroxyl groups excluding tert-OH is 1. The lowest BCUT2D eigenvalue weighted by Gasteiger charge is -2.39. The van der Waals surface area contributed by atoms with Gasteiger partial charge in [-0.1, -0.05) is 44.2 Å². The van der Waals surface area contributed by atoms with Gasteiger partial charge in [0.05, 0.1) is 6.10 Å². The number of aliphatic hydroxyl groups is 1. The highest BCUT2D eigenvalue weighted by atomic mass is 16.3. The van der Waals surface area contributed by atoms with E-state index in [2.05, 4.69) is 49.1 Å². The Balaban J connectivity index is 1.57. The van der Waals surface area contributed by atoms with E-state index in [0.29, 0.717) is 23.7 Å². The molecule has 116 valence electrons. The summed E-state index contributed by atoms with van der Waals surface area (Å²) in [6.45, 7) is 8.03. The van der Waals surface area contributed by atoms with E-state index >= 15 is 0 Å². The molecule has 1 aliphatic heterocycles. The van der Waals surface area contributed by atoms with E-state index < -0.39 is 0 Å². The van der Waals surface area contributed by atoms with E-state index in [9.17, 15) is 5.11 Å². The summed E-state index contributed by atoms with van der Waals surface area (Å²) in [7, 11) is 0. The van der Waals surface area contributed by atoms with Crippen molar-refractivity contribution in [1.29, 1.82) is 0 Å². The lowest BCUT2D eigenvalue weighted by atomic mass is 9.73. The minimum Gasteiger partial charge on any atom is -0.393 e. The van der Waals surface area contributed by atoms with Crippen LogP contribution in [0.1, 0.15) is 44.6 Å². The quantitative estimate of drug-likeness (QED) is 0.919. The predicted octanol–water partition coefficient (Wildman–Crippen LogP) is 3.52. The van der Waals surface area contributed by atoms with Crippen LogP contribution >= 0.6 is 0 Å². The van der Waals surface area contributed by atoms with Crippen molar-refractivity contribution in [3.05, 3.63) is 35.9 Å². The van der Waals surface area contributed by atoms with Gasteiger partial charge in [-0.25, -0.2) is 0 Å². The van der Waals surface area contributed by atoms with Gasteiger partial charge in [0.1, 0.15) is 0 Å². The van der Waals surface area contributed by atoms with Gasteiger partial charge in [-0.05, 0) is 49.1 Å². The van der Waals surface area contributed by atoms with Crippen LogP contribution in [0.15, 0.2) is 30.3 Å². The van der Waals surface area contributed by atoms with Crippen LogP contribution in [0.25, 0.3) is 0 Å². The van der Waals surface area contributed by atoms with Gasteiger partial charge < -0.3 is 10.0 Å². The van der Waals surface area contributed by atoms with Crippen molar-refractivity contribution in [3.8, 4) is 0 Å². The van der Waals surface area contributed by atoms with Gasteiger partial charge in [-0.3, -0.25) is 0 Å². The van der Waals surface area contributed by atoms with Gasteiger partial charge in [0.2, 0.25) is 0 Å². The Labute approximate surface area is 129 Å². The molecule has 2 heteroatoms. The molecule has 1 aromatic rings. The van der Waals surface area contributed by atoms with Crippen molar-refractivity contribution in [2.45, 2.75) is 45.1 Å². The molecule has 0 radical (unpaired) electrons. The first-order chi connectivity index (χ1) is 10.1. The van der Waals surface area contributed by atoms with E-state index in [1.165, 1.54) is 24.9 Å². The molecule has 2 aliphatic rings. The Morgan fingerprint density at radius 3 is 2.62 bits per heavy atom. The Morgan fingerprint density at radius 2 is 1.90 bits per heavy atom. The Kier molecular flexibility index (Phi) is 4.66. The maximum atomic E-state index is 10.4. The molecule has 2 fully saturated rings. The molecule has 3 rings (SSSR count). The maximum Gasteiger partial charge on any atom is 0.0585 e. The number of hydrogen-bond donors (Lipinski definition) is 1. The van der Waals surface area contributed by atoms with Crippen LogP contribution in [0.5, 0.6) is 0 Å². The summed E-state index contributed by atoms with van der Waals surface area (Å²) in [5.74, 6) is 2.48. The first kappa shape index (κ1) is 15.1. The zero-order chi connectivity index (χ0) is 14.8. The normalized spacial score (nSPS) is 37.8. The molecule has 0 spiro atoms. The zero-order valence-electron chi connectivity index (χ0n) is 13.4. The molecule has 5 unspecified atom stereocenters. The first-order valence-electron chi connectivity index (χ1n) is 8.59. The number of benzene rings is 1. The third-order valence-corrected chi connectivity index (χ3v) is 5.66. The number of rotatable bonds is 3. The Morgan fingerprint density at radius 1 is 1.14 bits per heavy atom. The van der Waals surface area contributed by atoms with Gasteiger partial charge in [-0.15, -0.1) is 0 Å². The fourth-order valence-corrected chi connectivity index (χ4v) is 4.47. The second-order valence-corrected chi connectivity index (χ2v) is 7.44. The van der Waals surface area contributed by atoms with Gasteiger partial charge in [0, 0.05) is 19.0 Å². The molecule has 1 aromatic carbocycles. The fourth-order valence-electron chi connectivity index (χ4n) is 4.47. The van der Waals surface area contributed by atoms with Crippen molar-refractivity contribution in [2.24, 2.45) is 17.8 Å². The van der Waals surface area contributed by atoms with Gasteiger partial charge >= 0.3 is 0 Å². The molecule has 1 saturated heterocycles. The Hall–Kier alpha value is -0.860. The van der Waals surface area contributed by atoms with E-state index in [0.717, 1.165) is 19.5 Å². The first-order valence-corrected chi connectivity index (χ1v) is 8.59. The van der Waals surface area contributed by atoms with Gasteiger partial charge in [0.25, 0.3) is 0 Å². The van der Waals surface area contributed by atoms with Crippen molar-refractivity contribution >= 4 is 0 Å². The minimum atomic E-state index is -0.0977. The fraction of sp³-hybridized carbons (Fsp3) is 0.684. The minimum absolute atomic E-state index is 0.0977. The molecule has 1 aliphatic carbocycles. The number of likely N-dealkylation sites (tertiary alicyclic amines) is 1. The second-order valence-electron chi connectivity index (χ2n) is 7.44. The van der Waals surface area contributed by atoms with Crippen molar-refractivity contribution in [2.75, 3.05) is 19.6 Å². The predicted molar refractivity (Wildman–Crippen MR) is 87.3 cm³/mol. The van der Waals surface area contributed by atoms with E-state index in [-0.39, 0.29) is 6.10 Å². The van der Waals surface area contributed by atoms with E-state index in [1.54, 1.807) is 0 Å². The average Bonchev–Trinajstić information content (AvgIpc) is 2.92. The highest BCUT2D eigenvalue weighted by Crippen LogP contribution is 2.36. The molecule has 1 N–H and O–H groups in total. The highest BCUT2D eigenvalue weighted by Gasteiger charge is 2.35. The average molecular weight is 287 g/mol.